The van der Waals surface area contributed by atoms with E-state index in [2.05, 4.69) is 34.7 Å². The number of likely N-dealkylation sites (tertiary alicyclic amines) is 1. The lowest BCUT2D eigenvalue weighted by atomic mass is 9.93. The molecule has 0 aliphatic carbocycles. The van der Waals surface area contributed by atoms with E-state index in [-0.39, 0.29) is 23.8 Å². The normalized spacial score (nSPS) is 19.6. The van der Waals surface area contributed by atoms with Crippen molar-refractivity contribution in [2.75, 3.05) is 13.1 Å². The zero-order valence-electron chi connectivity index (χ0n) is 15.0. The number of nitrogens with zero attached hydrogens (tertiary/aromatic N) is 3. The third-order valence-corrected chi connectivity index (χ3v) is 4.92. The van der Waals surface area contributed by atoms with Gasteiger partial charge in [0, 0.05) is 45.1 Å². The van der Waals surface area contributed by atoms with Crippen LogP contribution in [0.25, 0.3) is 0 Å². The predicted molar refractivity (Wildman–Crippen MR) is 100.0 cm³/mol. The minimum atomic E-state index is -0.0763. The molecule has 1 aromatic carbocycles. The number of aryl methyl sites for hydroxylation is 2. The summed E-state index contributed by atoms with van der Waals surface area (Å²) in [6.45, 7) is 5.17. The molecular weight excluding hydrogens is 352 g/mol. The topological polar surface area (TPSA) is 67.2 Å². The van der Waals surface area contributed by atoms with Crippen LogP contribution in [0.3, 0.4) is 0 Å². The molecule has 0 bridgehead atoms. The van der Waals surface area contributed by atoms with Crippen molar-refractivity contribution >= 4 is 23.4 Å². The van der Waals surface area contributed by atoms with Crippen LogP contribution in [0.15, 0.2) is 36.7 Å². The molecule has 1 N–H and O–H groups in total. The molecule has 2 aromatic rings. The van der Waals surface area contributed by atoms with Crippen molar-refractivity contribution in [2.45, 2.75) is 38.8 Å². The number of amides is 2. The number of carbonyl (C=O) groups excluding carboxylic acids is 2. The quantitative estimate of drug-likeness (QED) is 0.873. The van der Waals surface area contributed by atoms with Crippen molar-refractivity contribution < 1.29 is 9.59 Å². The van der Waals surface area contributed by atoms with Crippen molar-refractivity contribution in [1.82, 2.24) is 20.0 Å². The summed E-state index contributed by atoms with van der Waals surface area (Å²) in [5, 5.41) is 7.65. The zero-order chi connectivity index (χ0) is 18.7. The highest BCUT2D eigenvalue weighted by Gasteiger charge is 2.36. The predicted octanol–water partition coefficient (Wildman–Crippen LogP) is 2.37. The van der Waals surface area contributed by atoms with Crippen LogP contribution >= 0.6 is 11.6 Å². The fourth-order valence-electron chi connectivity index (χ4n) is 3.40. The van der Waals surface area contributed by atoms with E-state index in [0.29, 0.717) is 31.1 Å². The van der Waals surface area contributed by atoms with E-state index >= 15 is 0 Å². The van der Waals surface area contributed by atoms with Crippen molar-refractivity contribution in [3.05, 3.63) is 52.8 Å². The van der Waals surface area contributed by atoms with Gasteiger partial charge in [0.1, 0.15) is 0 Å². The van der Waals surface area contributed by atoms with Gasteiger partial charge < -0.3 is 10.2 Å². The van der Waals surface area contributed by atoms with Gasteiger partial charge in [0.25, 0.3) is 0 Å². The van der Waals surface area contributed by atoms with E-state index in [1.807, 2.05) is 11.8 Å². The van der Waals surface area contributed by atoms with Crippen LogP contribution in [-0.2, 0) is 16.1 Å². The molecular formula is C19H23ClN4O2. The van der Waals surface area contributed by atoms with Crippen LogP contribution < -0.4 is 5.32 Å². The number of aromatic nitrogens is 2. The molecule has 1 saturated heterocycles. The first kappa shape index (κ1) is 18.5. The second kappa shape index (κ2) is 7.91. The number of rotatable bonds is 5. The first-order valence-electron chi connectivity index (χ1n) is 8.72. The number of hydrogen-bond acceptors (Lipinski definition) is 3. The van der Waals surface area contributed by atoms with E-state index in [9.17, 15) is 9.59 Å². The molecule has 0 spiro atoms. The molecule has 2 amide bonds. The van der Waals surface area contributed by atoms with E-state index in [0.717, 1.165) is 5.56 Å². The highest BCUT2D eigenvalue weighted by molar-refractivity contribution is 6.30. The third-order valence-electron chi connectivity index (χ3n) is 4.72. The first-order chi connectivity index (χ1) is 12.4. The number of halogens is 1. The fourth-order valence-corrected chi connectivity index (χ4v) is 3.55. The molecule has 6 nitrogen and oxygen atoms in total. The monoisotopic (exact) mass is 374 g/mol. The van der Waals surface area contributed by atoms with Gasteiger partial charge in [-0.2, -0.15) is 5.10 Å². The van der Waals surface area contributed by atoms with E-state index in [4.69, 9.17) is 11.6 Å². The average molecular weight is 375 g/mol. The van der Waals surface area contributed by atoms with Gasteiger partial charge in [-0.1, -0.05) is 41.4 Å². The lowest BCUT2D eigenvalue weighted by molar-refractivity contribution is -0.130. The summed E-state index contributed by atoms with van der Waals surface area (Å²) in [4.78, 5) is 26.0. The van der Waals surface area contributed by atoms with E-state index < -0.39 is 0 Å². The van der Waals surface area contributed by atoms with Crippen LogP contribution in [0.2, 0.25) is 5.02 Å². The van der Waals surface area contributed by atoms with Gasteiger partial charge in [0.05, 0.1) is 17.3 Å². The van der Waals surface area contributed by atoms with Crippen LogP contribution in [-0.4, -0.2) is 45.6 Å². The molecule has 2 heterocycles. The number of carbonyl (C=O) groups is 2. The van der Waals surface area contributed by atoms with Crippen molar-refractivity contribution in [1.29, 1.82) is 0 Å². The molecule has 1 aliphatic heterocycles. The Kier molecular flexibility index (Phi) is 5.61. The summed E-state index contributed by atoms with van der Waals surface area (Å²) in [7, 11) is 0. The number of benzene rings is 1. The van der Waals surface area contributed by atoms with Gasteiger partial charge in [-0.3, -0.25) is 14.3 Å². The number of nitrogens with one attached hydrogen (secondary N) is 1. The van der Waals surface area contributed by atoms with Gasteiger partial charge in [-0.15, -0.1) is 0 Å². The van der Waals surface area contributed by atoms with Gasteiger partial charge in [0.15, 0.2) is 0 Å². The van der Waals surface area contributed by atoms with Crippen molar-refractivity contribution in [3.8, 4) is 0 Å². The Bertz CT molecular complexity index is 787. The highest BCUT2D eigenvalue weighted by Crippen LogP contribution is 2.28. The summed E-state index contributed by atoms with van der Waals surface area (Å²) in [5.74, 6) is 0.0803. The Morgan fingerprint density at radius 2 is 2.00 bits per heavy atom. The highest BCUT2D eigenvalue weighted by atomic mass is 35.5. The maximum Gasteiger partial charge on any atom is 0.224 e. The fraction of sp³-hybridized carbons (Fsp3) is 0.421. The van der Waals surface area contributed by atoms with Gasteiger partial charge in [-0.25, -0.2) is 0 Å². The molecule has 1 fully saturated rings. The summed E-state index contributed by atoms with van der Waals surface area (Å²) in [6.07, 6.45) is 3.61. The van der Waals surface area contributed by atoms with Gasteiger partial charge in [-0.05, 0) is 12.5 Å². The summed E-state index contributed by atoms with van der Waals surface area (Å²) < 4.78 is 1.67. The molecule has 1 aliphatic rings. The van der Waals surface area contributed by atoms with Crippen LogP contribution in [0, 0.1) is 6.92 Å². The first-order valence-corrected chi connectivity index (χ1v) is 9.09. The maximum atomic E-state index is 12.6. The molecule has 0 radical (unpaired) electrons. The molecule has 3 rings (SSSR count). The maximum absolute atomic E-state index is 12.6. The lowest BCUT2D eigenvalue weighted by Gasteiger charge is -2.19. The van der Waals surface area contributed by atoms with Gasteiger partial charge in [0.2, 0.25) is 11.8 Å². The molecule has 7 heteroatoms. The Morgan fingerprint density at radius 3 is 2.62 bits per heavy atom. The van der Waals surface area contributed by atoms with E-state index in [1.54, 1.807) is 17.1 Å². The molecule has 0 saturated carbocycles. The Morgan fingerprint density at radius 1 is 1.27 bits per heavy atom. The molecule has 1 aromatic heterocycles. The minimum absolute atomic E-state index is 0.0570. The summed E-state index contributed by atoms with van der Waals surface area (Å²) in [6, 6.07) is 8.21. The SMILES string of the molecule is CC(=O)N[C@@H]1CN(C(=O)CCn2cc(Cl)cn2)C[C@H]1c1ccc(C)cc1. The molecule has 138 valence electrons. The second-order valence-corrected chi connectivity index (χ2v) is 7.23. The smallest absolute Gasteiger partial charge is 0.224 e. The van der Waals surface area contributed by atoms with Crippen molar-refractivity contribution in [2.24, 2.45) is 0 Å². The summed E-state index contributed by atoms with van der Waals surface area (Å²) >= 11 is 5.85. The average Bonchev–Trinajstić information content (AvgIpc) is 3.19. The Labute approximate surface area is 158 Å². The molecule has 2 atom stereocenters. The minimum Gasteiger partial charge on any atom is -0.351 e. The van der Waals surface area contributed by atoms with Crippen LogP contribution in [0.4, 0.5) is 0 Å². The second-order valence-electron chi connectivity index (χ2n) is 6.79. The largest absolute Gasteiger partial charge is 0.351 e. The Hall–Kier alpha value is -2.34. The third kappa shape index (κ3) is 4.43. The lowest BCUT2D eigenvalue weighted by Crippen LogP contribution is -2.39. The van der Waals surface area contributed by atoms with Crippen LogP contribution in [0.5, 0.6) is 0 Å². The number of hydrogen-bond donors (Lipinski definition) is 1. The molecule has 0 unspecified atom stereocenters. The van der Waals surface area contributed by atoms with Gasteiger partial charge >= 0.3 is 0 Å². The molecule has 26 heavy (non-hydrogen) atoms. The zero-order valence-corrected chi connectivity index (χ0v) is 15.7. The summed E-state index contributed by atoms with van der Waals surface area (Å²) in [5.41, 5.74) is 2.33. The standard InChI is InChI=1S/C19H23ClN4O2/c1-13-3-5-15(6-4-13)17-11-23(12-18(17)22-14(2)25)19(26)7-8-24-10-16(20)9-21-24/h3-6,9-10,17-18H,7-8,11-12H2,1-2H3,(H,22,25)/t17-,18+/m0/s1. The van der Waals surface area contributed by atoms with E-state index in [1.165, 1.54) is 12.5 Å². The van der Waals surface area contributed by atoms with Crippen LogP contribution in [0.1, 0.15) is 30.4 Å². The van der Waals surface area contributed by atoms with Crippen molar-refractivity contribution in [3.63, 3.8) is 0 Å². The Balaban J connectivity index is 1.67.